The van der Waals surface area contributed by atoms with E-state index in [-0.39, 0.29) is 24.0 Å². The maximum atomic E-state index is 14.2. The van der Waals surface area contributed by atoms with Gasteiger partial charge in [0.25, 0.3) is 5.91 Å². The lowest BCUT2D eigenvalue weighted by Gasteiger charge is -2.37. The molecular weight excluding hydrogens is 566 g/mol. The Morgan fingerprint density at radius 1 is 1.23 bits per heavy atom. The molecule has 0 radical (unpaired) electrons. The molecule has 1 aliphatic heterocycles. The van der Waals surface area contributed by atoms with Gasteiger partial charge < -0.3 is 36.9 Å². The Bertz CT molecular complexity index is 1600. The highest BCUT2D eigenvalue weighted by molar-refractivity contribution is 7.21. The van der Waals surface area contributed by atoms with Gasteiger partial charge in [-0.1, -0.05) is 18.7 Å². The number of rotatable bonds is 9. The van der Waals surface area contributed by atoms with Gasteiger partial charge in [0.2, 0.25) is 5.91 Å². The van der Waals surface area contributed by atoms with Gasteiger partial charge in [-0.05, 0) is 74.6 Å². The monoisotopic (exact) mass is 605 g/mol. The number of carbonyl (C=O) groups excluding carboxylic acids is 3. The van der Waals surface area contributed by atoms with Crippen LogP contribution in [0.3, 0.4) is 0 Å². The fourth-order valence-electron chi connectivity index (χ4n) is 6.11. The van der Waals surface area contributed by atoms with Gasteiger partial charge in [-0.25, -0.2) is 0 Å². The van der Waals surface area contributed by atoms with E-state index in [0.717, 1.165) is 18.4 Å². The molecule has 0 saturated carbocycles. The molecule has 3 aromatic rings. The Kier molecular flexibility index (Phi) is 8.62. The molecule has 0 spiro atoms. The van der Waals surface area contributed by atoms with Gasteiger partial charge in [-0.2, -0.15) is 0 Å². The lowest BCUT2D eigenvalue weighted by Crippen LogP contribution is -2.53. The quantitative estimate of drug-likeness (QED) is 0.164. The van der Waals surface area contributed by atoms with Crippen LogP contribution in [0.15, 0.2) is 43.0 Å². The molecule has 1 aliphatic carbocycles. The van der Waals surface area contributed by atoms with E-state index < -0.39 is 17.4 Å². The van der Waals surface area contributed by atoms with Crippen LogP contribution in [0.4, 0.5) is 5.69 Å². The highest BCUT2D eigenvalue weighted by Crippen LogP contribution is 2.50. The number of ether oxygens (including phenoxy) is 2. The average molecular weight is 606 g/mol. The summed E-state index contributed by atoms with van der Waals surface area (Å²) in [7, 11) is 0. The summed E-state index contributed by atoms with van der Waals surface area (Å²) in [5, 5.41) is 3.70. The average Bonchev–Trinajstić information content (AvgIpc) is 3.39. The minimum atomic E-state index is -1.56. The minimum absolute atomic E-state index is 0.113. The number of hydrogen-bond acceptors (Lipinski definition) is 9. The van der Waals surface area contributed by atoms with E-state index in [4.69, 9.17) is 26.7 Å². The van der Waals surface area contributed by atoms with Crippen LogP contribution < -0.4 is 27.3 Å². The highest BCUT2D eigenvalue weighted by Gasteiger charge is 2.49. The smallest absolute Gasteiger partial charge is 0.262 e. The summed E-state index contributed by atoms with van der Waals surface area (Å²) in [4.78, 5) is 42.0. The number of Topliss-reactive ketones (excluding diaryl/α,β-unsaturated/α-hetero) is 1. The van der Waals surface area contributed by atoms with Crippen molar-refractivity contribution < 1.29 is 23.9 Å². The Labute approximate surface area is 255 Å². The van der Waals surface area contributed by atoms with E-state index in [9.17, 15) is 14.4 Å². The zero-order valence-electron chi connectivity index (χ0n) is 24.8. The number of thiophene rings is 1. The van der Waals surface area contributed by atoms with Crippen molar-refractivity contribution in [1.82, 2.24) is 10.2 Å². The van der Waals surface area contributed by atoms with Crippen molar-refractivity contribution in [2.24, 2.45) is 11.5 Å². The number of carbonyl (C=O) groups is 3. The fraction of sp³-hybridized carbons (Fsp3) is 0.406. The molecule has 2 aromatic carbocycles. The molecule has 1 aromatic heterocycles. The number of nitrogens with one attached hydrogen (secondary N) is 1. The molecule has 1 saturated heterocycles. The summed E-state index contributed by atoms with van der Waals surface area (Å²) in [5.74, 6) is -0.305. The van der Waals surface area contributed by atoms with Gasteiger partial charge in [0.1, 0.15) is 17.9 Å². The largest absolute Gasteiger partial charge is 0.491 e. The first-order chi connectivity index (χ1) is 20.5. The number of nitrogens with two attached hydrogens (primary N) is 3. The zero-order valence-corrected chi connectivity index (χ0v) is 25.6. The molecule has 2 aliphatic rings. The van der Waals surface area contributed by atoms with E-state index in [1.165, 1.54) is 17.4 Å². The van der Waals surface area contributed by atoms with Crippen LogP contribution in [0.2, 0.25) is 0 Å². The summed E-state index contributed by atoms with van der Waals surface area (Å²) < 4.78 is 12.1. The SMILES string of the molecule is C=CC(=O)N1CCCC(NC(=O)c2sc3c(N)ccc4c3c2C(N)C(=O)C4(N)c2ccc(OCCOC(C)C)cc2C)C1. The summed E-state index contributed by atoms with van der Waals surface area (Å²) in [6, 6.07) is 7.50. The first kappa shape index (κ1) is 30.7. The predicted molar refractivity (Wildman–Crippen MR) is 168 cm³/mol. The summed E-state index contributed by atoms with van der Waals surface area (Å²) in [5.41, 5.74) is 21.4. The number of ketones is 1. The highest BCUT2D eigenvalue weighted by atomic mass is 32.1. The van der Waals surface area contributed by atoms with Crippen molar-refractivity contribution in [3.63, 3.8) is 0 Å². The molecule has 0 bridgehead atoms. The molecule has 11 heteroatoms. The topological polar surface area (TPSA) is 163 Å². The maximum Gasteiger partial charge on any atom is 0.262 e. The molecule has 3 atom stereocenters. The first-order valence-corrected chi connectivity index (χ1v) is 15.3. The second-order valence-corrected chi connectivity index (χ2v) is 12.5. The predicted octanol–water partition coefficient (Wildman–Crippen LogP) is 3.29. The van der Waals surface area contributed by atoms with Crippen molar-refractivity contribution in [3.05, 3.63) is 70.1 Å². The summed E-state index contributed by atoms with van der Waals surface area (Å²) in [6.07, 6.45) is 2.87. The van der Waals surface area contributed by atoms with Crippen molar-refractivity contribution in [3.8, 4) is 5.75 Å². The number of anilines is 1. The van der Waals surface area contributed by atoms with Crippen LogP contribution in [0.1, 0.15) is 64.7 Å². The van der Waals surface area contributed by atoms with Gasteiger partial charge in [0, 0.05) is 35.8 Å². The zero-order chi connectivity index (χ0) is 31.1. The Morgan fingerprint density at radius 2 is 1.98 bits per heavy atom. The third kappa shape index (κ3) is 5.53. The number of hydrogen-bond donors (Lipinski definition) is 4. The van der Waals surface area contributed by atoms with Crippen molar-refractivity contribution >= 4 is 44.7 Å². The first-order valence-electron chi connectivity index (χ1n) is 14.5. The van der Waals surface area contributed by atoms with E-state index in [0.29, 0.717) is 69.4 Å². The van der Waals surface area contributed by atoms with Crippen molar-refractivity contribution in [2.75, 3.05) is 32.0 Å². The number of nitrogen functional groups attached to an aromatic ring is 1. The lowest BCUT2D eigenvalue weighted by atomic mass is 9.69. The number of nitrogens with zero attached hydrogens (tertiary/aromatic N) is 1. The molecular formula is C32H39N5O5S. The van der Waals surface area contributed by atoms with Gasteiger partial charge in [0.05, 0.1) is 28.3 Å². The number of aryl methyl sites for hydroxylation is 1. The molecule has 43 heavy (non-hydrogen) atoms. The molecule has 5 rings (SSSR count). The molecule has 2 heterocycles. The third-order valence-corrected chi connectivity index (χ3v) is 9.44. The second-order valence-electron chi connectivity index (χ2n) is 11.4. The van der Waals surface area contributed by atoms with E-state index >= 15 is 0 Å². The number of piperidine rings is 1. The molecule has 3 unspecified atom stereocenters. The molecule has 2 amide bonds. The van der Waals surface area contributed by atoms with Crippen LogP contribution in [0, 0.1) is 6.92 Å². The Balaban J connectivity index is 1.50. The second kappa shape index (κ2) is 12.1. The van der Waals surface area contributed by atoms with E-state index in [1.54, 1.807) is 29.2 Å². The Morgan fingerprint density at radius 3 is 2.67 bits per heavy atom. The Hall–Kier alpha value is -3.77. The molecule has 228 valence electrons. The van der Waals surface area contributed by atoms with E-state index in [2.05, 4.69) is 11.9 Å². The summed E-state index contributed by atoms with van der Waals surface area (Å²) >= 11 is 1.21. The summed E-state index contributed by atoms with van der Waals surface area (Å²) in [6.45, 7) is 11.2. The van der Waals surface area contributed by atoms with Gasteiger partial charge in [-0.3, -0.25) is 14.4 Å². The number of likely N-dealkylation sites (tertiary alicyclic amines) is 1. The van der Waals surface area contributed by atoms with Gasteiger partial charge in [-0.15, -0.1) is 11.3 Å². The van der Waals surface area contributed by atoms with Crippen LogP contribution in [-0.4, -0.2) is 60.9 Å². The minimum Gasteiger partial charge on any atom is -0.491 e. The normalized spacial score (nSPS) is 21.7. The lowest BCUT2D eigenvalue weighted by molar-refractivity contribution is -0.127. The van der Waals surface area contributed by atoms with Crippen LogP contribution in [-0.2, 0) is 19.9 Å². The molecule has 1 fully saturated rings. The van der Waals surface area contributed by atoms with Crippen molar-refractivity contribution in [1.29, 1.82) is 0 Å². The van der Waals surface area contributed by atoms with Gasteiger partial charge in [0.15, 0.2) is 5.78 Å². The van der Waals surface area contributed by atoms with Crippen molar-refractivity contribution in [2.45, 2.75) is 57.3 Å². The molecule has 10 nitrogen and oxygen atoms in total. The van der Waals surface area contributed by atoms with Crippen LogP contribution in [0.25, 0.3) is 10.1 Å². The van der Waals surface area contributed by atoms with Crippen LogP contribution >= 0.6 is 11.3 Å². The number of benzene rings is 2. The standard InChI is InChI=1S/C32H39N5O5S/c1-5-24(38)37-12-6-7-19(16-37)36-31(40)29-26-25-22(10-11-23(33)28(25)43-29)32(35,30(39)27(26)34)21-9-8-20(15-18(21)4)42-14-13-41-17(2)3/h5,8-11,15,17,19,27H,1,6-7,12-14,16,33-35H2,2-4H3,(H,36,40). The third-order valence-electron chi connectivity index (χ3n) is 8.19. The fourth-order valence-corrected chi connectivity index (χ4v) is 7.32. The maximum absolute atomic E-state index is 14.2. The molecule has 7 N–H and O–H groups in total. The van der Waals surface area contributed by atoms with E-state index in [1.807, 2.05) is 26.8 Å². The number of amides is 2. The van der Waals surface area contributed by atoms with Crippen LogP contribution in [0.5, 0.6) is 5.75 Å². The van der Waals surface area contributed by atoms with Gasteiger partial charge >= 0.3 is 0 Å².